The molecule has 10 heteroatoms. The fourth-order valence-electron chi connectivity index (χ4n) is 3.29. The minimum atomic E-state index is -1.72. The summed E-state index contributed by atoms with van der Waals surface area (Å²) in [6.45, 7) is 0.919. The van der Waals surface area contributed by atoms with Crippen LogP contribution in [0.3, 0.4) is 0 Å². The summed E-state index contributed by atoms with van der Waals surface area (Å²) in [6, 6.07) is 7.94. The summed E-state index contributed by atoms with van der Waals surface area (Å²) in [5, 5.41) is 8.78. The Balaban J connectivity index is 2.24. The number of ether oxygens (including phenoxy) is 3. The highest BCUT2D eigenvalue weighted by atomic mass is 16.6. The Morgan fingerprint density at radius 1 is 1.15 bits per heavy atom. The average Bonchev–Trinajstić information content (AvgIpc) is 3.19. The van der Waals surface area contributed by atoms with Gasteiger partial charge >= 0.3 is 12.1 Å². The number of imide groups is 1. The molecule has 1 aliphatic rings. The van der Waals surface area contributed by atoms with Crippen molar-refractivity contribution >= 4 is 29.5 Å². The van der Waals surface area contributed by atoms with Gasteiger partial charge in [0, 0.05) is 27.1 Å². The second-order valence-corrected chi connectivity index (χ2v) is 7.28. The molecule has 0 bridgehead atoms. The van der Waals surface area contributed by atoms with E-state index in [0.29, 0.717) is 18.4 Å². The molecule has 2 amide bonds. The molecule has 0 spiro atoms. The van der Waals surface area contributed by atoms with Crippen molar-refractivity contribution < 1.29 is 43.3 Å². The number of cyclic esters (lactones) is 1. The number of benzene rings is 1. The fraction of sp³-hybridized carbons (Fsp3) is 0.435. The molecule has 0 radical (unpaired) electrons. The zero-order valence-electron chi connectivity index (χ0n) is 18.5. The molecule has 0 aliphatic carbocycles. The summed E-state index contributed by atoms with van der Waals surface area (Å²) in [7, 11) is 1.13. The third-order valence-electron chi connectivity index (χ3n) is 4.91. The van der Waals surface area contributed by atoms with Crippen LogP contribution in [0.15, 0.2) is 42.5 Å². The monoisotopic (exact) mass is 461 g/mol. The summed E-state index contributed by atoms with van der Waals surface area (Å²) in [5.74, 6) is -3.00. The quantitative estimate of drug-likeness (QED) is 0.279. The number of rotatable bonds is 12. The number of aliphatic hydroxyl groups excluding tert-OH is 1. The number of carbonyl (C=O) groups is 5. The van der Waals surface area contributed by atoms with Crippen LogP contribution in [0.1, 0.15) is 37.8 Å². The molecule has 1 aromatic carbocycles. The van der Waals surface area contributed by atoms with Crippen molar-refractivity contribution in [2.45, 2.75) is 44.4 Å². The fourth-order valence-corrected chi connectivity index (χ4v) is 3.29. The lowest BCUT2D eigenvalue weighted by Gasteiger charge is -2.27. The minimum absolute atomic E-state index is 0.0506. The van der Waals surface area contributed by atoms with Crippen LogP contribution in [0.4, 0.5) is 4.79 Å². The van der Waals surface area contributed by atoms with Crippen LogP contribution in [0.25, 0.3) is 0 Å². The maximum absolute atomic E-state index is 13.3. The van der Waals surface area contributed by atoms with Crippen molar-refractivity contribution in [1.29, 1.82) is 0 Å². The predicted octanol–water partition coefficient (Wildman–Crippen LogP) is 1.51. The molecule has 1 heterocycles. The number of esters is 1. The summed E-state index contributed by atoms with van der Waals surface area (Å²) >= 11 is 0. The Morgan fingerprint density at radius 2 is 1.85 bits per heavy atom. The van der Waals surface area contributed by atoms with Crippen LogP contribution in [-0.4, -0.2) is 72.1 Å². The zero-order chi connectivity index (χ0) is 24.4. The van der Waals surface area contributed by atoms with Gasteiger partial charge in [-0.15, -0.1) is 0 Å². The number of hydrogen-bond acceptors (Lipinski definition) is 9. The van der Waals surface area contributed by atoms with E-state index in [1.807, 2.05) is 0 Å². The highest BCUT2D eigenvalue weighted by molar-refractivity contribution is 6.05. The standard InChI is InChI=1S/C23H27NO9/c1-15(26)33-20(19(28)12-11-17(27)10-6-7-13-25)21(31-2)22(29)24-18(14-32-23(24)30)16-8-4-3-5-9-16/h3-5,8-9,11-12,18,20-21,25H,6-7,10,13-14H2,1-2H3. The van der Waals surface area contributed by atoms with E-state index in [9.17, 15) is 24.0 Å². The highest BCUT2D eigenvalue weighted by Gasteiger charge is 2.46. The minimum Gasteiger partial charge on any atom is -0.451 e. The first-order chi connectivity index (χ1) is 15.8. The van der Waals surface area contributed by atoms with Gasteiger partial charge in [0.2, 0.25) is 0 Å². The van der Waals surface area contributed by atoms with Gasteiger partial charge in [0.05, 0.1) is 0 Å². The molecule has 1 N–H and O–H groups in total. The average molecular weight is 461 g/mol. The molecule has 1 saturated heterocycles. The van der Waals surface area contributed by atoms with Crippen LogP contribution in [0, 0.1) is 0 Å². The smallest absolute Gasteiger partial charge is 0.417 e. The third kappa shape index (κ3) is 7.06. The summed E-state index contributed by atoms with van der Waals surface area (Å²) in [6.07, 6.45) is -1.35. The van der Waals surface area contributed by atoms with Crippen LogP contribution in [-0.2, 0) is 33.4 Å². The first kappa shape index (κ1) is 25.9. The third-order valence-corrected chi connectivity index (χ3v) is 4.91. The normalized spacial score (nSPS) is 17.5. The molecular weight excluding hydrogens is 434 g/mol. The van der Waals surface area contributed by atoms with Crippen LogP contribution < -0.4 is 0 Å². The Bertz CT molecular complexity index is 896. The summed E-state index contributed by atoms with van der Waals surface area (Å²) in [4.78, 5) is 62.7. The lowest BCUT2D eigenvalue weighted by Crippen LogP contribution is -2.51. The summed E-state index contributed by atoms with van der Waals surface area (Å²) < 4.78 is 15.3. The van der Waals surface area contributed by atoms with E-state index in [1.165, 1.54) is 0 Å². The maximum atomic E-state index is 13.3. The van der Waals surface area contributed by atoms with Gasteiger partial charge in [-0.25, -0.2) is 9.69 Å². The molecule has 0 saturated carbocycles. The van der Waals surface area contributed by atoms with E-state index < -0.39 is 42.0 Å². The molecule has 33 heavy (non-hydrogen) atoms. The van der Waals surface area contributed by atoms with Crippen molar-refractivity contribution in [2.75, 3.05) is 20.3 Å². The zero-order valence-corrected chi connectivity index (χ0v) is 18.5. The SMILES string of the molecule is COC(C(=O)N1C(=O)OCC1c1ccccc1)C(OC(C)=O)C(=O)C=CC(=O)CCCCO. The van der Waals surface area contributed by atoms with E-state index in [4.69, 9.17) is 19.3 Å². The first-order valence-corrected chi connectivity index (χ1v) is 10.4. The number of allylic oxidation sites excluding steroid dienone is 1. The van der Waals surface area contributed by atoms with E-state index in [2.05, 4.69) is 0 Å². The molecule has 10 nitrogen and oxygen atoms in total. The van der Waals surface area contributed by atoms with Crippen molar-refractivity contribution in [3.63, 3.8) is 0 Å². The molecule has 1 aromatic rings. The number of nitrogens with zero attached hydrogens (tertiary/aromatic N) is 1. The number of hydrogen-bond donors (Lipinski definition) is 1. The lowest BCUT2D eigenvalue weighted by atomic mass is 10.0. The molecule has 1 fully saturated rings. The number of carbonyl (C=O) groups excluding carboxylic acids is 5. The van der Waals surface area contributed by atoms with Gasteiger partial charge in [0.1, 0.15) is 12.6 Å². The van der Waals surface area contributed by atoms with Crippen molar-refractivity contribution in [3.8, 4) is 0 Å². The highest BCUT2D eigenvalue weighted by Crippen LogP contribution is 2.29. The predicted molar refractivity (Wildman–Crippen MR) is 114 cm³/mol. The number of methoxy groups -OCH3 is 1. The molecule has 2 rings (SSSR count). The van der Waals surface area contributed by atoms with Crippen LogP contribution >= 0.6 is 0 Å². The molecular formula is C23H27NO9. The van der Waals surface area contributed by atoms with Crippen molar-refractivity contribution in [1.82, 2.24) is 4.90 Å². The molecule has 1 aliphatic heterocycles. The van der Waals surface area contributed by atoms with E-state index in [-0.39, 0.29) is 25.4 Å². The number of ketones is 2. The van der Waals surface area contributed by atoms with Gasteiger partial charge < -0.3 is 19.3 Å². The van der Waals surface area contributed by atoms with Crippen LogP contribution in [0.5, 0.6) is 0 Å². The van der Waals surface area contributed by atoms with E-state index in [0.717, 1.165) is 31.1 Å². The van der Waals surface area contributed by atoms with Gasteiger partial charge in [0.15, 0.2) is 23.8 Å². The van der Waals surface area contributed by atoms with Crippen molar-refractivity contribution in [3.05, 3.63) is 48.0 Å². The molecule has 3 atom stereocenters. The van der Waals surface area contributed by atoms with Gasteiger partial charge in [-0.3, -0.25) is 19.2 Å². The first-order valence-electron chi connectivity index (χ1n) is 10.4. The number of aliphatic hydroxyl groups is 1. The Hall–Kier alpha value is -3.37. The topological polar surface area (TPSA) is 137 Å². The Morgan fingerprint density at radius 3 is 2.45 bits per heavy atom. The second kappa shape index (κ2) is 12.6. The maximum Gasteiger partial charge on any atom is 0.417 e. The van der Waals surface area contributed by atoms with Gasteiger partial charge in [-0.1, -0.05) is 30.3 Å². The lowest BCUT2D eigenvalue weighted by molar-refractivity contribution is -0.166. The molecule has 178 valence electrons. The van der Waals surface area contributed by atoms with E-state index >= 15 is 0 Å². The Labute approximate surface area is 191 Å². The number of unbranched alkanes of at least 4 members (excludes halogenated alkanes) is 1. The Kier molecular flexibility index (Phi) is 9.89. The van der Waals surface area contributed by atoms with Gasteiger partial charge in [-0.2, -0.15) is 0 Å². The van der Waals surface area contributed by atoms with Gasteiger partial charge in [-0.05, 0) is 30.6 Å². The van der Waals surface area contributed by atoms with Crippen molar-refractivity contribution in [2.24, 2.45) is 0 Å². The molecule has 0 aromatic heterocycles. The second-order valence-electron chi connectivity index (χ2n) is 7.28. The van der Waals surface area contributed by atoms with Gasteiger partial charge in [0.25, 0.3) is 5.91 Å². The largest absolute Gasteiger partial charge is 0.451 e. The molecule has 3 unspecified atom stereocenters. The van der Waals surface area contributed by atoms with Crippen LogP contribution in [0.2, 0.25) is 0 Å². The summed E-state index contributed by atoms with van der Waals surface area (Å²) in [5.41, 5.74) is 0.635. The number of amides is 2. The van der Waals surface area contributed by atoms with E-state index in [1.54, 1.807) is 30.3 Å².